The number of hydrogen-bond acceptors (Lipinski definition) is 0. The van der Waals surface area contributed by atoms with Crippen molar-refractivity contribution in [2.45, 2.75) is 26.3 Å². The van der Waals surface area contributed by atoms with Crippen LogP contribution in [0.5, 0.6) is 0 Å². The van der Waals surface area contributed by atoms with Gasteiger partial charge in [-0.25, -0.2) is 0 Å². The van der Waals surface area contributed by atoms with E-state index in [4.69, 9.17) is 0 Å². The Hall–Kier alpha value is 0.560. The monoisotopic (exact) mass is 158 g/mol. The fourth-order valence-electron chi connectivity index (χ4n) is 1.97. The van der Waals surface area contributed by atoms with Crippen LogP contribution in [0.4, 0.5) is 0 Å². The van der Waals surface area contributed by atoms with Crippen molar-refractivity contribution in [3.63, 3.8) is 0 Å². The third-order valence-electron chi connectivity index (χ3n) is 3.34. The van der Waals surface area contributed by atoms with Crippen LogP contribution in [0.15, 0.2) is 0 Å². The molecule has 0 bridgehead atoms. The van der Waals surface area contributed by atoms with Crippen molar-refractivity contribution in [1.82, 2.24) is 0 Å². The van der Waals surface area contributed by atoms with Gasteiger partial charge < -0.3 is 0 Å². The van der Waals surface area contributed by atoms with Crippen LogP contribution in [0, 0.1) is 0 Å². The molecule has 0 rings (SSSR count). The summed E-state index contributed by atoms with van der Waals surface area (Å²) >= 11 is 0. The van der Waals surface area contributed by atoms with Crippen molar-refractivity contribution in [2.24, 2.45) is 0 Å². The Balaban J connectivity index is 4.15. The Morgan fingerprint density at radius 1 is 1.30 bits per heavy atom. The number of rotatable bonds is 4. The Morgan fingerprint density at radius 2 is 1.70 bits per heavy atom. The van der Waals surface area contributed by atoms with E-state index in [-0.39, 0.29) is 0 Å². The van der Waals surface area contributed by atoms with E-state index in [0.29, 0.717) is 0 Å². The van der Waals surface area contributed by atoms with Gasteiger partial charge in [-0.05, 0) is 0 Å². The molecule has 3 heteroatoms. The molecule has 0 aromatic carbocycles. The summed E-state index contributed by atoms with van der Waals surface area (Å²) in [5.74, 6) is 0. The van der Waals surface area contributed by atoms with Gasteiger partial charge in [-0.15, -0.1) is 0 Å². The summed E-state index contributed by atoms with van der Waals surface area (Å²) in [5, 5.41) is 0. The normalized spacial score (nSPS) is 16.7. The molecule has 1 atom stereocenters. The minimum atomic E-state index is -0.795. The van der Waals surface area contributed by atoms with Gasteiger partial charge in [0.05, 0.1) is 0 Å². The Kier molecular flexibility index (Phi) is 4.69. The second kappa shape index (κ2) is 4.44. The molecule has 0 nitrogen and oxygen atoms in total. The molecule has 10 heavy (non-hydrogen) atoms. The summed E-state index contributed by atoms with van der Waals surface area (Å²) in [6.07, 6.45) is 2.94. The van der Waals surface area contributed by atoms with Crippen LogP contribution in [0.25, 0.3) is 0 Å². The molecular weight excluding hydrogens is 137 g/mol. The molecule has 0 aliphatic carbocycles. The first-order chi connectivity index (χ1) is 4.63. The van der Waals surface area contributed by atoms with Gasteiger partial charge in [0.15, 0.2) is 0 Å². The Labute approximate surface area is 68.3 Å². The minimum absolute atomic E-state index is 0.795. The molecule has 0 aromatic rings. The van der Waals surface area contributed by atoms with Crippen molar-refractivity contribution in [3.8, 4) is 0 Å². The summed E-state index contributed by atoms with van der Waals surface area (Å²) in [5.41, 5.74) is 0.979. The summed E-state index contributed by atoms with van der Waals surface area (Å²) in [7, 11) is 3.98. The van der Waals surface area contributed by atoms with Crippen LogP contribution < -0.4 is 0 Å². The molecule has 0 saturated heterocycles. The van der Waals surface area contributed by atoms with Crippen molar-refractivity contribution in [2.75, 3.05) is 18.4 Å². The van der Waals surface area contributed by atoms with Gasteiger partial charge in [0.2, 0.25) is 0 Å². The molecule has 0 saturated carbocycles. The van der Waals surface area contributed by atoms with Gasteiger partial charge in [0.25, 0.3) is 0 Å². The van der Waals surface area contributed by atoms with E-state index in [9.17, 15) is 0 Å². The molecule has 0 radical (unpaired) electrons. The molecular formula is C7H21B2P. The molecule has 0 aliphatic rings. The molecule has 0 N–H and O–H groups in total. The van der Waals surface area contributed by atoms with Gasteiger partial charge in [-0.3, -0.25) is 0 Å². The van der Waals surface area contributed by atoms with E-state index in [1.165, 1.54) is 18.4 Å². The van der Waals surface area contributed by atoms with Crippen LogP contribution in [-0.4, -0.2) is 39.6 Å². The van der Waals surface area contributed by atoms with E-state index < -0.39 is 7.26 Å². The van der Waals surface area contributed by atoms with Gasteiger partial charge in [0.1, 0.15) is 0 Å². The van der Waals surface area contributed by atoms with Crippen molar-refractivity contribution < 1.29 is 0 Å². The summed E-state index contributed by atoms with van der Waals surface area (Å²) in [4.78, 5) is 0. The third kappa shape index (κ3) is 2.02. The maximum absolute atomic E-state index is 2.41. The van der Waals surface area contributed by atoms with Crippen molar-refractivity contribution >= 4 is 23.0 Å². The molecule has 60 valence electrons. The number of hydrogen-bond donors (Lipinski definition) is 0. The van der Waals surface area contributed by atoms with E-state index in [1.807, 2.05) is 0 Å². The van der Waals surface area contributed by atoms with Crippen LogP contribution in [0.1, 0.15) is 20.8 Å². The van der Waals surface area contributed by atoms with E-state index in [2.05, 4.69) is 36.5 Å². The predicted octanol–water partition coefficient (Wildman–Crippen LogP) is 0.346. The molecule has 0 aromatic heterocycles. The average molecular weight is 158 g/mol. The Bertz CT molecular complexity index is 81.3. The van der Waals surface area contributed by atoms with Crippen LogP contribution in [0.2, 0.25) is 0 Å². The Morgan fingerprint density at radius 3 is 1.70 bits per heavy atom. The summed E-state index contributed by atoms with van der Waals surface area (Å²) in [6, 6.07) is 1.47. The second-order valence-electron chi connectivity index (χ2n) is 3.58. The summed E-state index contributed by atoms with van der Waals surface area (Å²) < 4.78 is 0. The van der Waals surface area contributed by atoms with Gasteiger partial charge in [-0.2, -0.15) is 0 Å². The quantitative estimate of drug-likeness (QED) is 0.408. The van der Waals surface area contributed by atoms with Crippen LogP contribution >= 0.6 is 7.26 Å². The molecule has 0 aliphatic heterocycles. The van der Waals surface area contributed by atoms with Crippen LogP contribution in [-0.2, 0) is 0 Å². The topological polar surface area (TPSA) is 0 Å². The van der Waals surface area contributed by atoms with E-state index in [0.717, 1.165) is 5.56 Å². The van der Waals surface area contributed by atoms with Crippen molar-refractivity contribution in [1.29, 1.82) is 0 Å². The van der Waals surface area contributed by atoms with E-state index in [1.54, 1.807) is 0 Å². The average Bonchev–Trinajstić information content (AvgIpc) is 1.92. The predicted molar refractivity (Wildman–Crippen MR) is 60.8 cm³/mol. The third-order valence-corrected chi connectivity index (χ3v) is 10.0. The second-order valence-corrected chi connectivity index (χ2v) is 9.58. The molecule has 0 fully saturated rings. The molecule has 0 amide bonds. The van der Waals surface area contributed by atoms with Gasteiger partial charge in [0, 0.05) is 0 Å². The zero-order valence-electron chi connectivity index (χ0n) is 8.20. The molecule has 0 spiro atoms. The van der Waals surface area contributed by atoms with E-state index >= 15 is 0 Å². The SMILES string of the molecule is BC[PH](CC)(CC)C(B)C. The van der Waals surface area contributed by atoms with Crippen molar-refractivity contribution in [3.05, 3.63) is 0 Å². The zero-order valence-corrected chi connectivity index (χ0v) is 9.20. The molecule has 0 heterocycles. The standard InChI is InChI=1S/C7H21B2P/c1-4-10(5-2,6-8)7(3)9/h7,10H,4-6,8-9H2,1-3H3. The van der Waals surface area contributed by atoms with Gasteiger partial charge >= 0.3 is 67.7 Å². The molecule has 1 unspecified atom stereocenters. The first-order valence-electron chi connectivity index (χ1n) is 4.63. The summed E-state index contributed by atoms with van der Waals surface area (Å²) in [6.45, 7) is 7.15. The maximum atomic E-state index is 2.41. The first-order valence-corrected chi connectivity index (χ1v) is 7.32. The zero-order chi connectivity index (χ0) is 8.20. The fourth-order valence-corrected chi connectivity index (χ4v) is 5.92. The van der Waals surface area contributed by atoms with Crippen LogP contribution in [0.3, 0.4) is 0 Å². The first kappa shape index (κ1) is 10.6. The van der Waals surface area contributed by atoms with Gasteiger partial charge in [-0.1, -0.05) is 0 Å². The fraction of sp³-hybridized carbons (Fsp3) is 1.00.